The number of oxazole rings is 1. The Morgan fingerprint density at radius 1 is 1.20 bits per heavy atom. The van der Waals surface area contributed by atoms with Crippen molar-refractivity contribution in [3.63, 3.8) is 0 Å². The van der Waals surface area contributed by atoms with Crippen molar-refractivity contribution in [2.24, 2.45) is 5.73 Å². The summed E-state index contributed by atoms with van der Waals surface area (Å²) in [5.74, 6) is 0. The van der Waals surface area contributed by atoms with Crippen LogP contribution in [0.25, 0.3) is 22.2 Å². The Labute approximate surface area is 140 Å². The second kappa shape index (κ2) is 6.47. The molecule has 0 bridgehead atoms. The van der Waals surface area contributed by atoms with Crippen LogP contribution in [0, 0.1) is 0 Å². The molecular formula is C17H15F3N2O3. The Morgan fingerprint density at radius 3 is 2.44 bits per heavy atom. The van der Waals surface area contributed by atoms with E-state index < -0.39 is 24.5 Å². The van der Waals surface area contributed by atoms with Gasteiger partial charge in [0.15, 0.2) is 12.0 Å². The van der Waals surface area contributed by atoms with E-state index in [4.69, 9.17) is 10.2 Å². The van der Waals surface area contributed by atoms with Gasteiger partial charge in [0.25, 0.3) is 0 Å². The summed E-state index contributed by atoms with van der Waals surface area (Å²) in [7, 11) is 0. The number of aliphatic hydroxyl groups is 2. The number of hydrogen-bond donors (Lipinski definition) is 3. The summed E-state index contributed by atoms with van der Waals surface area (Å²) in [6.07, 6.45) is -4.44. The first kappa shape index (κ1) is 17.4. The summed E-state index contributed by atoms with van der Waals surface area (Å²) < 4.78 is 43.5. The van der Waals surface area contributed by atoms with Gasteiger partial charge < -0.3 is 20.4 Å². The number of nitrogens with zero attached hydrogens (tertiary/aromatic N) is 1. The Bertz CT molecular complexity index is 889. The maximum Gasteiger partial charge on any atom is 0.416 e. The van der Waals surface area contributed by atoms with Gasteiger partial charge in [-0.25, -0.2) is 4.98 Å². The van der Waals surface area contributed by atoms with Gasteiger partial charge in [-0.1, -0.05) is 12.1 Å². The van der Waals surface area contributed by atoms with Gasteiger partial charge in [0, 0.05) is 17.7 Å². The fourth-order valence-corrected chi connectivity index (χ4v) is 2.78. The van der Waals surface area contributed by atoms with E-state index in [9.17, 15) is 23.4 Å². The van der Waals surface area contributed by atoms with Gasteiger partial charge in [0.05, 0.1) is 12.2 Å². The first-order valence-corrected chi connectivity index (χ1v) is 7.42. The molecule has 4 N–H and O–H groups in total. The molecule has 0 aliphatic rings. The summed E-state index contributed by atoms with van der Waals surface area (Å²) in [6.45, 7) is -0.473. The van der Waals surface area contributed by atoms with Crippen LogP contribution in [0.15, 0.2) is 41.1 Å². The molecule has 0 aliphatic heterocycles. The van der Waals surface area contributed by atoms with Crippen LogP contribution >= 0.6 is 0 Å². The number of fused-ring (bicyclic) bond motifs is 1. The molecule has 1 atom stereocenters. The van der Waals surface area contributed by atoms with Crippen LogP contribution in [0.4, 0.5) is 13.2 Å². The minimum Gasteiger partial charge on any atom is -0.443 e. The Hall–Kier alpha value is -2.42. The lowest BCUT2D eigenvalue weighted by Gasteiger charge is -2.15. The summed E-state index contributed by atoms with van der Waals surface area (Å²) in [4.78, 5) is 4.10. The summed E-state index contributed by atoms with van der Waals surface area (Å²) in [5.41, 5.74) is 7.48. The SMILES string of the molecule is NCc1cc(-c2ccc(C(F)(F)F)cc2)c2ncoc2c1[C@H](O)CO. The van der Waals surface area contributed by atoms with Crippen molar-refractivity contribution in [1.82, 2.24) is 4.98 Å². The molecule has 0 unspecified atom stereocenters. The second-order valence-corrected chi connectivity index (χ2v) is 5.50. The molecule has 1 aromatic heterocycles. The molecule has 0 aliphatic carbocycles. The predicted molar refractivity (Wildman–Crippen MR) is 84.4 cm³/mol. The van der Waals surface area contributed by atoms with Gasteiger partial charge in [-0.3, -0.25) is 0 Å². The van der Waals surface area contributed by atoms with Crippen molar-refractivity contribution in [2.45, 2.75) is 18.8 Å². The molecule has 0 amide bonds. The van der Waals surface area contributed by atoms with Gasteiger partial charge in [-0.2, -0.15) is 13.2 Å². The van der Waals surface area contributed by atoms with Gasteiger partial charge in [-0.15, -0.1) is 0 Å². The van der Waals surface area contributed by atoms with Crippen LogP contribution in [0.2, 0.25) is 0 Å². The highest BCUT2D eigenvalue weighted by Gasteiger charge is 2.30. The zero-order valence-electron chi connectivity index (χ0n) is 12.9. The van der Waals surface area contributed by atoms with Gasteiger partial charge in [-0.05, 0) is 29.3 Å². The number of alkyl halides is 3. The molecule has 2 aromatic carbocycles. The third-order valence-corrected chi connectivity index (χ3v) is 3.98. The van der Waals surface area contributed by atoms with E-state index in [-0.39, 0.29) is 12.1 Å². The van der Waals surface area contributed by atoms with Crippen molar-refractivity contribution < 1.29 is 27.8 Å². The third-order valence-electron chi connectivity index (χ3n) is 3.98. The number of rotatable bonds is 4. The number of nitrogens with two attached hydrogens (primary N) is 1. The first-order valence-electron chi connectivity index (χ1n) is 7.42. The van der Waals surface area contributed by atoms with Gasteiger partial charge >= 0.3 is 6.18 Å². The van der Waals surface area contributed by atoms with Crippen molar-refractivity contribution in [2.75, 3.05) is 6.61 Å². The van der Waals surface area contributed by atoms with Crippen LogP contribution in [0.3, 0.4) is 0 Å². The summed E-state index contributed by atoms with van der Waals surface area (Å²) >= 11 is 0. The number of benzene rings is 2. The summed E-state index contributed by atoms with van der Waals surface area (Å²) in [5, 5.41) is 19.3. The van der Waals surface area contributed by atoms with Crippen LogP contribution < -0.4 is 5.73 Å². The molecule has 0 saturated carbocycles. The molecule has 25 heavy (non-hydrogen) atoms. The maximum atomic E-state index is 12.7. The van der Waals surface area contributed by atoms with Crippen molar-refractivity contribution in [3.8, 4) is 11.1 Å². The molecule has 5 nitrogen and oxygen atoms in total. The van der Waals surface area contributed by atoms with E-state index in [1.165, 1.54) is 18.5 Å². The lowest BCUT2D eigenvalue weighted by Crippen LogP contribution is -2.10. The third kappa shape index (κ3) is 3.11. The minimum atomic E-state index is -4.42. The van der Waals surface area contributed by atoms with E-state index in [0.29, 0.717) is 27.8 Å². The molecule has 132 valence electrons. The summed E-state index contributed by atoms with van der Waals surface area (Å²) in [6, 6.07) is 6.30. The number of hydrogen-bond acceptors (Lipinski definition) is 5. The van der Waals surface area contributed by atoms with Crippen molar-refractivity contribution >= 4 is 11.1 Å². The topological polar surface area (TPSA) is 92.5 Å². The number of aliphatic hydroxyl groups excluding tert-OH is 2. The molecule has 0 saturated heterocycles. The minimum absolute atomic E-state index is 0.0523. The fourth-order valence-electron chi connectivity index (χ4n) is 2.78. The van der Waals surface area contributed by atoms with Crippen molar-refractivity contribution in [3.05, 3.63) is 53.4 Å². The average molecular weight is 352 g/mol. The van der Waals surface area contributed by atoms with Crippen LogP contribution in [0.5, 0.6) is 0 Å². The van der Waals surface area contributed by atoms with Gasteiger partial charge in [0.1, 0.15) is 11.6 Å². The van der Waals surface area contributed by atoms with Crippen LogP contribution in [-0.4, -0.2) is 21.8 Å². The van der Waals surface area contributed by atoms with Crippen LogP contribution in [-0.2, 0) is 12.7 Å². The lowest BCUT2D eigenvalue weighted by molar-refractivity contribution is -0.137. The lowest BCUT2D eigenvalue weighted by atomic mass is 9.94. The van der Waals surface area contributed by atoms with E-state index in [2.05, 4.69) is 4.98 Å². The molecule has 3 aromatic rings. The Balaban J connectivity index is 2.19. The zero-order valence-corrected chi connectivity index (χ0v) is 12.9. The van der Waals surface area contributed by atoms with Gasteiger partial charge in [0.2, 0.25) is 0 Å². The predicted octanol–water partition coefficient (Wildman–Crippen LogP) is 3.00. The fraction of sp³-hybridized carbons (Fsp3) is 0.235. The highest BCUT2D eigenvalue weighted by Crippen LogP contribution is 2.37. The maximum absolute atomic E-state index is 12.7. The molecular weight excluding hydrogens is 337 g/mol. The van der Waals surface area contributed by atoms with E-state index >= 15 is 0 Å². The standard InChI is InChI=1S/C17H15F3N2O3/c18-17(19,20)11-3-1-9(2-4-11)12-5-10(6-21)14(13(24)7-23)16-15(12)22-8-25-16/h1-5,8,13,23-24H,6-7,21H2/t13-/m1/s1. The Kier molecular flexibility index (Phi) is 4.51. The number of halogens is 3. The second-order valence-electron chi connectivity index (χ2n) is 5.50. The monoisotopic (exact) mass is 352 g/mol. The van der Waals surface area contributed by atoms with E-state index in [0.717, 1.165) is 12.1 Å². The molecule has 3 rings (SSSR count). The zero-order chi connectivity index (χ0) is 18.2. The number of aromatic nitrogens is 1. The largest absolute Gasteiger partial charge is 0.443 e. The highest BCUT2D eigenvalue weighted by atomic mass is 19.4. The molecule has 8 heteroatoms. The first-order chi connectivity index (χ1) is 11.9. The Morgan fingerprint density at radius 2 is 1.88 bits per heavy atom. The van der Waals surface area contributed by atoms with E-state index in [1.54, 1.807) is 6.07 Å². The molecule has 0 radical (unpaired) electrons. The molecule has 1 heterocycles. The quantitative estimate of drug-likeness (QED) is 0.671. The average Bonchev–Trinajstić information content (AvgIpc) is 3.08. The highest BCUT2D eigenvalue weighted by molar-refractivity contribution is 5.93. The smallest absolute Gasteiger partial charge is 0.416 e. The van der Waals surface area contributed by atoms with Crippen LogP contribution in [0.1, 0.15) is 22.8 Å². The van der Waals surface area contributed by atoms with Crippen molar-refractivity contribution in [1.29, 1.82) is 0 Å². The normalized spacial score (nSPS) is 13.4. The molecule has 0 fully saturated rings. The molecule has 0 spiro atoms. The van der Waals surface area contributed by atoms with E-state index in [1.807, 2.05) is 0 Å².